The van der Waals surface area contributed by atoms with Crippen LogP contribution in [0.25, 0.3) is 0 Å². The zero-order valence-electron chi connectivity index (χ0n) is 23.6. The van der Waals surface area contributed by atoms with Gasteiger partial charge in [0.1, 0.15) is 0 Å². The third kappa shape index (κ3) is 13.5. The number of carbonyl (C=O) groups excluding carboxylic acids is 1. The molecular formula is C25H27F9N4O7S. The maximum atomic E-state index is 13.2. The normalized spacial score (nSPS) is 18.4. The van der Waals surface area contributed by atoms with Gasteiger partial charge in [0.05, 0.1) is 22.7 Å². The molecule has 1 unspecified atom stereocenters. The lowest BCUT2D eigenvalue weighted by Crippen LogP contribution is -2.47. The van der Waals surface area contributed by atoms with Gasteiger partial charge in [-0.3, -0.25) is 14.7 Å². The van der Waals surface area contributed by atoms with Crippen LogP contribution in [0, 0.1) is 12.3 Å². The van der Waals surface area contributed by atoms with Crippen molar-refractivity contribution < 1.29 is 74.0 Å². The Labute approximate surface area is 258 Å². The van der Waals surface area contributed by atoms with Crippen molar-refractivity contribution in [3.05, 3.63) is 46.2 Å². The molecule has 0 saturated carbocycles. The van der Waals surface area contributed by atoms with E-state index in [-0.39, 0.29) is 5.41 Å². The van der Waals surface area contributed by atoms with Crippen LogP contribution in [0.1, 0.15) is 35.5 Å². The Kier molecular flexibility index (Phi) is 14.4. The van der Waals surface area contributed by atoms with Crippen LogP contribution in [0.15, 0.2) is 29.9 Å². The number of halogens is 9. The van der Waals surface area contributed by atoms with Gasteiger partial charge in [-0.15, -0.1) is 11.3 Å². The first kappa shape index (κ1) is 40.0. The van der Waals surface area contributed by atoms with Crippen LogP contribution in [0.2, 0.25) is 0 Å². The Morgan fingerprint density at radius 2 is 1.41 bits per heavy atom. The molecule has 4 rings (SSSR count). The summed E-state index contributed by atoms with van der Waals surface area (Å²) in [5, 5.41) is 24.5. The minimum atomic E-state index is -5.08. The Morgan fingerprint density at radius 1 is 0.891 bits per heavy atom. The monoisotopic (exact) mass is 698 g/mol. The van der Waals surface area contributed by atoms with Gasteiger partial charge in [0.25, 0.3) is 0 Å². The zero-order chi connectivity index (χ0) is 35.5. The molecule has 3 N–H and O–H groups in total. The van der Waals surface area contributed by atoms with E-state index in [9.17, 15) is 44.3 Å². The molecule has 11 nitrogen and oxygen atoms in total. The van der Waals surface area contributed by atoms with Crippen LogP contribution >= 0.6 is 11.3 Å². The van der Waals surface area contributed by atoms with Crippen molar-refractivity contribution in [1.82, 2.24) is 19.8 Å². The van der Waals surface area contributed by atoms with Crippen molar-refractivity contribution in [2.24, 2.45) is 5.41 Å². The summed E-state index contributed by atoms with van der Waals surface area (Å²) in [4.78, 5) is 53.0. The summed E-state index contributed by atoms with van der Waals surface area (Å²) in [6, 6.07) is 4.09. The number of carboxylic acid groups (broad SMARTS) is 3. The van der Waals surface area contributed by atoms with E-state index in [1.54, 1.807) is 17.5 Å². The molecule has 1 spiro atoms. The average molecular weight is 699 g/mol. The van der Waals surface area contributed by atoms with Crippen molar-refractivity contribution in [2.45, 2.75) is 57.8 Å². The fourth-order valence-electron chi connectivity index (χ4n) is 4.21. The Morgan fingerprint density at radius 3 is 1.83 bits per heavy atom. The number of hydrogen-bond acceptors (Lipinski definition) is 8. The SMILES string of the molecule is Cc1nc(CN2CCC3(CCCN(Cc4cccnc4)C3)C2=O)cs1.O=C(O)C(F)(F)F.O=C(O)C(F)(F)F.O=C(O)C(F)(F)F. The van der Waals surface area contributed by atoms with Crippen molar-refractivity contribution in [3.8, 4) is 0 Å². The van der Waals surface area contributed by atoms with E-state index in [0.29, 0.717) is 12.5 Å². The van der Waals surface area contributed by atoms with E-state index in [2.05, 4.69) is 26.3 Å². The smallest absolute Gasteiger partial charge is 0.475 e. The molecule has 2 aliphatic rings. The Hall–Kier alpha value is -4.01. The maximum Gasteiger partial charge on any atom is 0.490 e. The summed E-state index contributed by atoms with van der Waals surface area (Å²) in [5.41, 5.74) is 2.06. The number of aliphatic carboxylic acids is 3. The number of thiazole rings is 1. The lowest BCUT2D eigenvalue weighted by molar-refractivity contribution is -0.193. The first-order valence-corrected chi connectivity index (χ1v) is 13.6. The van der Waals surface area contributed by atoms with Gasteiger partial charge in [0, 0.05) is 37.4 Å². The van der Waals surface area contributed by atoms with Crippen molar-refractivity contribution in [3.63, 3.8) is 0 Å². The molecule has 2 saturated heterocycles. The lowest BCUT2D eigenvalue weighted by Gasteiger charge is -2.39. The molecule has 0 radical (unpaired) electrons. The number of rotatable bonds is 4. The van der Waals surface area contributed by atoms with Crippen molar-refractivity contribution >= 4 is 35.2 Å². The quantitative estimate of drug-likeness (QED) is 0.380. The fraction of sp³-hybridized carbons (Fsp3) is 0.520. The molecule has 0 aromatic carbocycles. The highest BCUT2D eigenvalue weighted by molar-refractivity contribution is 7.09. The predicted molar refractivity (Wildman–Crippen MR) is 139 cm³/mol. The summed E-state index contributed by atoms with van der Waals surface area (Å²) in [7, 11) is 0. The average Bonchev–Trinajstić information content (AvgIpc) is 3.47. The van der Waals surface area contributed by atoms with E-state index in [1.807, 2.05) is 24.1 Å². The van der Waals surface area contributed by atoms with Gasteiger partial charge < -0.3 is 20.2 Å². The number of piperidine rings is 1. The largest absolute Gasteiger partial charge is 0.490 e. The zero-order valence-corrected chi connectivity index (χ0v) is 24.4. The van der Waals surface area contributed by atoms with Crippen molar-refractivity contribution in [2.75, 3.05) is 19.6 Å². The maximum absolute atomic E-state index is 13.2. The van der Waals surface area contributed by atoms with Gasteiger partial charge in [-0.1, -0.05) is 6.07 Å². The first-order chi connectivity index (χ1) is 21.0. The summed E-state index contributed by atoms with van der Waals surface area (Å²) in [5.74, 6) is -7.94. The summed E-state index contributed by atoms with van der Waals surface area (Å²) < 4.78 is 95.2. The molecule has 0 aliphatic carbocycles. The number of likely N-dealkylation sites (tertiary alicyclic amines) is 2. The number of carbonyl (C=O) groups is 4. The van der Waals surface area contributed by atoms with Crippen LogP contribution in [0.5, 0.6) is 0 Å². The highest BCUT2D eigenvalue weighted by atomic mass is 32.1. The number of aryl methyl sites for hydroxylation is 1. The molecule has 2 fully saturated rings. The van der Waals surface area contributed by atoms with Gasteiger partial charge in [-0.25, -0.2) is 19.4 Å². The lowest BCUT2D eigenvalue weighted by atomic mass is 9.78. The third-order valence-corrected chi connectivity index (χ3v) is 6.96. The topological polar surface area (TPSA) is 161 Å². The van der Waals surface area contributed by atoms with E-state index in [4.69, 9.17) is 29.7 Å². The van der Waals surface area contributed by atoms with E-state index < -0.39 is 36.4 Å². The van der Waals surface area contributed by atoms with Crippen LogP contribution in [0.3, 0.4) is 0 Å². The van der Waals surface area contributed by atoms with Gasteiger partial charge >= 0.3 is 36.4 Å². The molecule has 1 amide bonds. The highest BCUT2D eigenvalue weighted by Crippen LogP contribution is 2.41. The molecule has 2 aromatic heterocycles. The Balaban J connectivity index is 0.000000413. The number of aromatic nitrogens is 2. The molecule has 1 atom stereocenters. The second kappa shape index (κ2) is 16.5. The second-order valence-corrected chi connectivity index (χ2v) is 10.8. The molecule has 2 aliphatic heterocycles. The fourth-order valence-corrected chi connectivity index (χ4v) is 4.81. The number of carboxylic acids is 3. The number of alkyl halides is 9. The van der Waals surface area contributed by atoms with Gasteiger partial charge in [0.2, 0.25) is 5.91 Å². The van der Waals surface area contributed by atoms with Crippen LogP contribution in [0.4, 0.5) is 39.5 Å². The summed E-state index contributed by atoms with van der Waals surface area (Å²) in [6.45, 7) is 6.35. The number of amides is 1. The van der Waals surface area contributed by atoms with Gasteiger partial charge in [-0.05, 0) is 44.4 Å². The number of pyridine rings is 1. The second-order valence-electron chi connectivity index (χ2n) is 9.70. The first-order valence-electron chi connectivity index (χ1n) is 12.7. The van der Waals surface area contributed by atoms with Gasteiger partial charge in [-0.2, -0.15) is 39.5 Å². The van der Waals surface area contributed by atoms with E-state index in [1.165, 1.54) is 5.56 Å². The molecule has 258 valence electrons. The van der Waals surface area contributed by atoms with Gasteiger partial charge in [0.15, 0.2) is 0 Å². The third-order valence-electron chi connectivity index (χ3n) is 6.13. The summed E-state index contributed by atoms with van der Waals surface area (Å²) >= 11 is 1.65. The Bertz CT molecular complexity index is 1260. The van der Waals surface area contributed by atoms with Crippen LogP contribution < -0.4 is 0 Å². The summed E-state index contributed by atoms with van der Waals surface area (Å²) in [6.07, 6.45) is -8.44. The molecule has 0 bridgehead atoms. The van der Waals surface area contributed by atoms with E-state index in [0.717, 1.165) is 56.1 Å². The van der Waals surface area contributed by atoms with Crippen molar-refractivity contribution in [1.29, 1.82) is 0 Å². The van der Waals surface area contributed by atoms with E-state index >= 15 is 0 Å². The molecule has 46 heavy (non-hydrogen) atoms. The molecule has 2 aromatic rings. The number of nitrogens with zero attached hydrogens (tertiary/aromatic N) is 4. The molecule has 4 heterocycles. The minimum absolute atomic E-state index is 0.189. The standard InChI is InChI=1S/C19H24N4OS.3C2HF3O2/c1-15-21-17(13-25-15)12-23-9-6-19(18(23)24)5-3-8-22(14-19)11-16-4-2-7-20-10-16;3*3-2(4,5)1(6)7/h2,4,7,10,13H,3,5-6,8-9,11-12,14H2,1H3;3*(H,6,7). The highest BCUT2D eigenvalue weighted by Gasteiger charge is 2.48. The molecular weight excluding hydrogens is 671 g/mol. The predicted octanol–water partition coefficient (Wildman–Crippen LogP) is 4.76. The minimum Gasteiger partial charge on any atom is -0.475 e. The number of hydrogen-bond donors (Lipinski definition) is 3. The van der Waals surface area contributed by atoms with Crippen LogP contribution in [-0.4, -0.2) is 97.1 Å². The van der Waals surface area contributed by atoms with Crippen LogP contribution in [-0.2, 0) is 32.3 Å². The molecule has 21 heteroatoms.